The average molecular weight is 471 g/mol. The van der Waals surface area contributed by atoms with Gasteiger partial charge in [-0.25, -0.2) is 4.39 Å². The van der Waals surface area contributed by atoms with Gasteiger partial charge in [0, 0.05) is 11.1 Å². The van der Waals surface area contributed by atoms with Crippen molar-refractivity contribution in [2.24, 2.45) is 5.73 Å². The number of aliphatic hydroxyl groups is 1. The Morgan fingerprint density at radius 3 is 2.52 bits per heavy atom. The Kier molecular flexibility index (Phi) is 8.72. The molecule has 3 rings (SSSR count). The van der Waals surface area contributed by atoms with E-state index in [4.69, 9.17) is 20.5 Å². The monoisotopic (exact) mass is 470 g/mol. The number of nitriles is 1. The van der Waals surface area contributed by atoms with E-state index in [9.17, 15) is 9.50 Å². The standard InChI is InChI=1S/C24H27FN4O3S/c1-24(27,16-30)23-29-28-22(33-23)17-9-10-21(19(13-17)14-25)32-12-6-2-5-11-31-20-8-4-3-7-18(20)15-26/h3-4,7-10,13,30H,2,5-6,11-12,14,16,27H2,1H3/t24-/m0/s1. The van der Waals surface area contributed by atoms with Gasteiger partial charge >= 0.3 is 0 Å². The Balaban J connectivity index is 1.47. The zero-order valence-corrected chi connectivity index (χ0v) is 19.3. The van der Waals surface area contributed by atoms with E-state index in [1.165, 1.54) is 11.3 Å². The fourth-order valence-corrected chi connectivity index (χ4v) is 3.92. The maximum Gasteiger partial charge on any atom is 0.147 e. The van der Waals surface area contributed by atoms with Crippen LogP contribution in [-0.2, 0) is 12.2 Å². The molecule has 0 amide bonds. The van der Waals surface area contributed by atoms with Crippen LogP contribution < -0.4 is 15.2 Å². The molecular formula is C24H27FN4O3S. The van der Waals surface area contributed by atoms with E-state index < -0.39 is 12.2 Å². The molecule has 7 nitrogen and oxygen atoms in total. The number of unbranched alkanes of at least 4 members (excludes halogenated alkanes) is 2. The van der Waals surface area contributed by atoms with Crippen molar-refractivity contribution in [1.82, 2.24) is 10.2 Å². The predicted octanol–water partition coefficient (Wildman–Crippen LogP) is 4.34. The molecule has 3 aromatic rings. The van der Waals surface area contributed by atoms with Gasteiger partial charge in [0.1, 0.15) is 34.3 Å². The molecule has 0 unspecified atom stereocenters. The zero-order valence-electron chi connectivity index (χ0n) is 18.5. The predicted molar refractivity (Wildman–Crippen MR) is 125 cm³/mol. The summed E-state index contributed by atoms with van der Waals surface area (Å²) in [7, 11) is 0. The number of alkyl halides is 1. The Hall–Kier alpha value is -3.06. The minimum absolute atomic E-state index is 0.247. The molecule has 174 valence electrons. The molecular weight excluding hydrogens is 443 g/mol. The quantitative estimate of drug-likeness (QED) is 0.378. The van der Waals surface area contributed by atoms with E-state index in [1.807, 2.05) is 12.1 Å². The smallest absolute Gasteiger partial charge is 0.147 e. The number of halogens is 1. The van der Waals surface area contributed by atoms with Gasteiger partial charge in [-0.15, -0.1) is 10.2 Å². The lowest BCUT2D eigenvalue weighted by Gasteiger charge is -2.16. The Morgan fingerprint density at radius 1 is 1.09 bits per heavy atom. The number of nitrogens with zero attached hydrogens (tertiary/aromatic N) is 3. The first-order chi connectivity index (χ1) is 16.0. The van der Waals surface area contributed by atoms with Crippen LogP contribution in [0.15, 0.2) is 42.5 Å². The highest BCUT2D eigenvalue weighted by Gasteiger charge is 2.25. The van der Waals surface area contributed by atoms with E-state index >= 15 is 0 Å². The van der Waals surface area contributed by atoms with Gasteiger partial charge in [0.25, 0.3) is 0 Å². The zero-order chi connectivity index (χ0) is 23.7. The first kappa shape index (κ1) is 24.6. The molecule has 33 heavy (non-hydrogen) atoms. The Morgan fingerprint density at radius 2 is 1.82 bits per heavy atom. The summed E-state index contributed by atoms with van der Waals surface area (Å²) < 4.78 is 25.1. The van der Waals surface area contributed by atoms with Crippen LogP contribution in [0.3, 0.4) is 0 Å². The van der Waals surface area contributed by atoms with E-state index in [0.29, 0.717) is 45.9 Å². The normalized spacial score (nSPS) is 12.7. The molecule has 0 saturated heterocycles. The van der Waals surface area contributed by atoms with Crippen molar-refractivity contribution >= 4 is 11.3 Å². The number of aliphatic hydroxyl groups excluding tert-OH is 1. The molecule has 0 fully saturated rings. The summed E-state index contributed by atoms with van der Waals surface area (Å²) in [6, 6.07) is 14.5. The number of benzene rings is 2. The maximum atomic E-state index is 13.6. The van der Waals surface area contributed by atoms with Crippen LogP contribution in [0.4, 0.5) is 4.39 Å². The molecule has 2 aromatic carbocycles. The lowest BCUT2D eigenvalue weighted by Crippen LogP contribution is -2.36. The number of ether oxygens (including phenoxy) is 2. The van der Waals surface area contributed by atoms with Crippen LogP contribution in [0, 0.1) is 11.3 Å². The fraction of sp³-hybridized carbons (Fsp3) is 0.375. The van der Waals surface area contributed by atoms with Crippen LogP contribution in [-0.4, -0.2) is 35.1 Å². The molecule has 0 aliphatic carbocycles. The van der Waals surface area contributed by atoms with Crippen LogP contribution >= 0.6 is 11.3 Å². The largest absolute Gasteiger partial charge is 0.493 e. The second kappa shape index (κ2) is 11.7. The van der Waals surface area contributed by atoms with Crippen LogP contribution in [0.1, 0.15) is 42.3 Å². The van der Waals surface area contributed by atoms with Crippen molar-refractivity contribution in [3.05, 3.63) is 58.6 Å². The van der Waals surface area contributed by atoms with Crippen molar-refractivity contribution in [1.29, 1.82) is 5.26 Å². The van der Waals surface area contributed by atoms with Gasteiger partial charge in [-0.1, -0.05) is 23.5 Å². The molecule has 9 heteroatoms. The maximum absolute atomic E-state index is 13.6. The van der Waals surface area contributed by atoms with Gasteiger partial charge in [-0.05, 0) is 56.5 Å². The van der Waals surface area contributed by atoms with Gasteiger partial charge in [0.2, 0.25) is 0 Å². The SMILES string of the molecule is C[C@](N)(CO)c1nnc(-c2ccc(OCCCCCOc3ccccc3C#N)c(CF)c2)s1. The summed E-state index contributed by atoms with van der Waals surface area (Å²) in [5.74, 6) is 1.10. The van der Waals surface area contributed by atoms with Crippen LogP contribution in [0.2, 0.25) is 0 Å². The number of rotatable bonds is 12. The molecule has 0 radical (unpaired) electrons. The summed E-state index contributed by atoms with van der Waals surface area (Å²) in [4.78, 5) is 0. The number of aromatic nitrogens is 2. The average Bonchev–Trinajstić information content (AvgIpc) is 3.35. The second-order valence-corrected chi connectivity index (χ2v) is 8.79. The highest BCUT2D eigenvalue weighted by molar-refractivity contribution is 7.14. The Bertz CT molecular complexity index is 1100. The van der Waals surface area contributed by atoms with Crippen LogP contribution in [0.25, 0.3) is 10.6 Å². The van der Waals surface area contributed by atoms with E-state index in [2.05, 4.69) is 16.3 Å². The topological polar surface area (TPSA) is 114 Å². The molecule has 1 atom stereocenters. The van der Waals surface area contributed by atoms with Crippen molar-refractivity contribution in [3.8, 4) is 28.1 Å². The summed E-state index contributed by atoms with van der Waals surface area (Å²) in [5.41, 5.74) is 6.73. The third-order valence-corrected chi connectivity index (χ3v) is 6.26. The second-order valence-electron chi connectivity index (χ2n) is 7.81. The molecule has 1 aromatic heterocycles. The van der Waals surface area contributed by atoms with E-state index in [0.717, 1.165) is 24.8 Å². The van der Waals surface area contributed by atoms with Gasteiger partial charge in [0.05, 0.1) is 30.9 Å². The molecule has 0 aliphatic rings. The van der Waals surface area contributed by atoms with Crippen molar-refractivity contribution < 1.29 is 19.0 Å². The number of hydrogen-bond acceptors (Lipinski definition) is 8. The van der Waals surface area contributed by atoms with Crippen LogP contribution in [0.5, 0.6) is 11.5 Å². The number of hydrogen-bond donors (Lipinski definition) is 2. The molecule has 0 spiro atoms. The van der Waals surface area contributed by atoms with Crippen molar-refractivity contribution in [2.75, 3.05) is 19.8 Å². The van der Waals surface area contributed by atoms with Gasteiger partial charge in [-0.2, -0.15) is 5.26 Å². The molecule has 1 heterocycles. The molecule has 3 N–H and O–H groups in total. The highest BCUT2D eigenvalue weighted by atomic mass is 32.1. The van der Waals surface area contributed by atoms with Gasteiger partial charge < -0.3 is 20.3 Å². The minimum Gasteiger partial charge on any atom is -0.493 e. The van der Waals surface area contributed by atoms with Gasteiger partial charge in [0.15, 0.2) is 0 Å². The first-order valence-corrected chi connectivity index (χ1v) is 11.5. The Labute approximate surface area is 196 Å². The third kappa shape index (κ3) is 6.48. The molecule has 0 saturated carbocycles. The number of nitrogens with two attached hydrogens (primary N) is 1. The fourth-order valence-electron chi connectivity index (χ4n) is 3.03. The summed E-state index contributed by atoms with van der Waals surface area (Å²) in [6.45, 7) is 1.76. The molecule has 0 bridgehead atoms. The lowest BCUT2D eigenvalue weighted by molar-refractivity contribution is 0.209. The number of para-hydroxylation sites is 1. The lowest BCUT2D eigenvalue weighted by atomic mass is 10.1. The summed E-state index contributed by atoms with van der Waals surface area (Å²) in [6.07, 6.45) is 2.51. The summed E-state index contributed by atoms with van der Waals surface area (Å²) >= 11 is 1.27. The third-order valence-electron chi connectivity index (χ3n) is 5.00. The summed E-state index contributed by atoms with van der Waals surface area (Å²) in [5, 5.41) is 27.8. The molecule has 0 aliphatic heterocycles. The van der Waals surface area contributed by atoms with E-state index in [-0.39, 0.29) is 6.61 Å². The first-order valence-electron chi connectivity index (χ1n) is 10.7. The van der Waals surface area contributed by atoms with Crippen molar-refractivity contribution in [3.63, 3.8) is 0 Å². The minimum atomic E-state index is -0.966. The van der Waals surface area contributed by atoms with Crippen molar-refractivity contribution in [2.45, 2.75) is 38.4 Å². The van der Waals surface area contributed by atoms with Gasteiger partial charge in [-0.3, -0.25) is 0 Å². The highest BCUT2D eigenvalue weighted by Crippen LogP contribution is 2.32. The van der Waals surface area contributed by atoms with E-state index in [1.54, 1.807) is 37.3 Å².